The number of carbonyl (C=O) groups is 3. The second kappa shape index (κ2) is 26.4. The van der Waals surface area contributed by atoms with Gasteiger partial charge >= 0.3 is 17.9 Å². The SMILES string of the molecule is CCC(=O)O[C@H]1[C@H](O)[C@H](O)[C@H](O[C@H]2/C(C)=C/C(C)=C/C[C@@H]([C@@H](C)O)OC(=O)/C(CO[C@@H]3O[C@H](C)[C@@H](OC(=O)c4c(O)c(Cl)c(O)c(Cl)c4CC)[C@H](O)[C@@H]3OC)=C/C=C/C[C@H](O)/C(C)=C/[C@@H]2CC)OC1(C)C. The van der Waals surface area contributed by atoms with E-state index in [1.165, 1.54) is 33.1 Å². The van der Waals surface area contributed by atoms with Crippen LogP contribution in [0, 0.1) is 5.92 Å². The van der Waals surface area contributed by atoms with Crippen LogP contribution in [0.5, 0.6) is 11.5 Å². The molecule has 18 nitrogen and oxygen atoms in total. The highest BCUT2D eigenvalue weighted by atomic mass is 35.5. The average molecular weight is 1040 g/mol. The van der Waals surface area contributed by atoms with E-state index >= 15 is 0 Å². The topological polar surface area (TPSA) is 267 Å². The minimum atomic E-state index is -1.60. The zero-order valence-electron chi connectivity index (χ0n) is 42.2. The smallest absolute Gasteiger partial charge is 0.342 e. The quantitative estimate of drug-likeness (QED) is 0.0680. The van der Waals surface area contributed by atoms with Crippen LogP contribution in [-0.4, -0.2) is 153 Å². The molecule has 0 spiro atoms. The molecule has 0 bridgehead atoms. The van der Waals surface area contributed by atoms with Gasteiger partial charge in [-0.2, -0.15) is 0 Å². The molecule has 0 radical (unpaired) electrons. The Kier molecular flexibility index (Phi) is 22.2. The molecule has 4 rings (SSSR count). The number of aliphatic hydroxyl groups is 5. The molecule has 7 N–H and O–H groups in total. The van der Waals surface area contributed by atoms with E-state index in [4.69, 9.17) is 61.1 Å². The summed E-state index contributed by atoms with van der Waals surface area (Å²) < 4.78 is 47.3. The minimum Gasteiger partial charge on any atom is -0.505 e. The summed E-state index contributed by atoms with van der Waals surface area (Å²) in [4.78, 5) is 39.6. The van der Waals surface area contributed by atoms with Crippen LogP contribution in [0.2, 0.25) is 10.0 Å². The van der Waals surface area contributed by atoms with E-state index in [1.807, 2.05) is 32.9 Å². The Morgan fingerprint density at radius 1 is 0.915 bits per heavy atom. The number of methoxy groups -OCH3 is 1. The van der Waals surface area contributed by atoms with Crippen LogP contribution in [0.4, 0.5) is 0 Å². The van der Waals surface area contributed by atoms with Gasteiger partial charge in [-0.05, 0) is 90.5 Å². The van der Waals surface area contributed by atoms with E-state index in [9.17, 15) is 50.1 Å². The number of allylic oxidation sites excluding steroid dienone is 4. The van der Waals surface area contributed by atoms with E-state index in [1.54, 1.807) is 46.8 Å². The van der Waals surface area contributed by atoms with Gasteiger partial charge in [-0.25, -0.2) is 9.59 Å². The van der Waals surface area contributed by atoms with Crippen LogP contribution < -0.4 is 0 Å². The third-order valence-corrected chi connectivity index (χ3v) is 13.6. The molecular formula is C51H72Cl2O18. The summed E-state index contributed by atoms with van der Waals surface area (Å²) >= 11 is 12.3. The molecule has 0 saturated carbocycles. The highest BCUT2D eigenvalue weighted by Gasteiger charge is 2.53. The first-order chi connectivity index (χ1) is 33.3. The number of halogens is 2. The fourth-order valence-electron chi connectivity index (χ4n) is 8.56. The van der Waals surface area contributed by atoms with Crippen molar-refractivity contribution in [2.75, 3.05) is 13.7 Å². The largest absolute Gasteiger partial charge is 0.505 e. The van der Waals surface area contributed by atoms with Crippen LogP contribution in [0.1, 0.15) is 111 Å². The number of cyclic esters (lactones) is 1. The molecule has 71 heavy (non-hydrogen) atoms. The van der Waals surface area contributed by atoms with Crippen molar-refractivity contribution in [3.8, 4) is 11.5 Å². The van der Waals surface area contributed by atoms with Crippen molar-refractivity contribution < 1.29 is 88.0 Å². The Hall–Kier alpha value is -3.89. The number of carbonyl (C=O) groups excluding carboxylic acids is 3. The number of hydrogen-bond acceptors (Lipinski definition) is 18. The Morgan fingerprint density at radius 3 is 2.20 bits per heavy atom. The number of hydrogen-bond donors (Lipinski definition) is 7. The summed E-state index contributed by atoms with van der Waals surface area (Å²) in [6.45, 7) is 16.3. The minimum absolute atomic E-state index is 0.0367. The molecule has 3 heterocycles. The molecule has 2 fully saturated rings. The predicted molar refractivity (Wildman–Crippen MR) is 261 cm³/mol. The number of ether oxygens (including phenoxy) is 8. The van der Waals surface area contributed by atoms with Crippen molar-refractivity contribution in [2.24, 2.45) is 5.92 Å². The fraction of sp³-hybridized carbons (Fsp3) is 0.627. The average Bonchev–Trinajstić information content (AvgIpc) is 3.32. The van der Waals surface area contributed by atoms with Gasteiger partial charge in [0.2, 0.25) is 0 Å². The normalized spacial score (nSPS) is 35.1. The van der Waals surface area contributed by atoms with Gasteiger partial charge in [-0.3, -0.25) is 4.79 Å². The number of aromatic hydroxyl groups is 2. The molecule has 1 aromatic rings. The summed E-state index contributed by atoms with van der Waals surface area (Å²) in [5.41, 5.74) is 0.336. The standard InChI is InChI=1S/C51H72Cl2O18/c1-12-29-22-25(5)32(55)18-16-15-17-30(23-65-50-45(64-11)42(61)44(28(8)66-50)69-48(63)35-31(13-2)36(52)39(58)37(53)38(35)57)47(62)67-33(27(7)54)20-19-24(4)21-26(6)43(29)70-49-41(60)40(59)46(51(9,10)71-49)68-34(56)14-3/h15-17,19,21-22,27-29,32-33,40-46,49-50,54-55,57-61H,12-14,18,20,23H2,1-11H3/b16-15+,24-19+,25-22+,26-21+,30-17+/t27-,28-,29+,32+,33+,40-,41+,42+,43+,44-,45+,46+,49-,50-/m1/s1. The van der Waals surface area contributed by atoms with Gasteiger partial charge in [0.05, 0.1) is 41.6 Å². The molecule has 0 unspecified atom stereocenters. The Bertz CT molecular complexity index is 2180. The van der Waals surface area contributed by atoms with Gasteiger partial charge in [0, 0.05) is 25.9 Å². The third-order valence-electron chi connectivity index (χ3n) is 12.8. The Morgan fingerprint density at radius 2 is 1.59 bits per heavy atom. The molecule has 0 aliphatic carbocycles. The number of phenols is 2. The van der Waals surface area contributed by atoms with E-state index in [2.05, 4.69) is 0 Å². The molecule has 398 valence electrons. The van der Waals surface area contributed by atoms with Crippen LogP contribution in [-0.2, 0) is 53.9 Å². The summed E-state index contributed by atoms with van der Waals surface area (Å²) in [6.07, 6.45) is -5.33. The van der Waals surface area contributed by atoms with Gasteiger partial charge in [-0.15, -0.1) is 0 Å². The zero-order valence-corrected chi connectivity index (χ0v) is 43.7. The summed E-state index contributed by atoms with van der Waals surface area (Å²) in [5, 5.41) is 76.3. The van der Waals surface area contributed by atoms with Gasteiger partial charge in [-0.1, -0.05) is 79.9 Å². The molecule has 20 heteroatoms. The molecule has 14 atom stereocenters. The van der Waals surface area contributed by atoms with Crippen LogP contribution in [0.25, 0.3) is 0 Å². The highest BCUT2D eigenvalue weighted by molar-refractivity contribution is 6.39. The third kappa shape index (κ3) is 14.7. The molecule has 0 aromatic heterocycles. The fourth-order valence-corrected chi connectivity index (χ4v) is 9.12. The lowest BCUT2D eigenvalue weighted by Gasteiger charge is -2.47. The second-order valence-electron chi connectivity index (χ2n) is 18.6. The van der Waals surface area contributed by atoms with Gasteiger partial charge in [0.25, 0.3) is 0 Å². The molecule has 2 saturated heterocycles. The maximum absolute atomic E-state index is 13.9. The van der Waals surface area contributed by atoms with Crippen molar-refractivity contribution in [3.05, 3.63) is 79.9 Å². The van der Waals surface area contributed by atoms with E-state index in [0.29, 0.717) is 23.1 Å². The molecular weight excluding hydrogens is 971 g/mol. The first kappa shape index (κ1) is 59.7. The lowest BCUT2D eigenvalue weighted by atomic mass is 9.88. The lowest BCUT2D eigenvalue weighted by Crippen LogP contribution is -2.64. The summed E-state index contributed by atoms with van der Waals surface area (Å²) in [6, 6.07) is 0. The van der Waals surface area contributed by atoms with Crippen molar-refractivity contribution >= 4 is 41.1 Å². The number of aliphatic hydroxyl groups excluding tert-OH is 5. The summed E-state index contributed by atoms with van der Waals surface area (Å²) in [7, 11) is 1.26. The molecule has 3 aliphatic rings. The maximum atomic E-state index is 13.9. The van der Waals surface area contributed by atoms with Gasteiger partial charge in [0.1, 0.15) is 46.7 Å². The lowest BCUT2D eigenvalue weighted by molar-refractivity contribution is -0.333. The van der Waals surface area contributed by atoms with Crippen LogP contribution >= 0.6 is 23.2 Å². The van der Waals surface area contributed by atoms with Crippen molar-refractivity contribution in [1.29, 1.82) is 0 Å². The first-order valence-electron chi connectivity index (χ1n) is 23.8. The van der Waals surface area contributed by atoms with Crippen LogP contribution in [0.15, 0.2) is 58.7 Å². The molecule has 3 aliphatic heterocycles. The van der Waals surface area contributed by atoms with E-state index < -0.39 is 132 Å². The van der Waals surface area contributed by atoms with Crippen LogP contribution in [0.3, 0.4) is 0 Å². The number of esters is 3. The van der Waals surface area contributed by atoms with Crippen molar-refractivity contribution in [3.63, 3.8) is 0 Å². The predicted octanol–water partition coefficient (Wildman–Crippen LogP) is 5.99. The second-order valence-corrected chi connectivity index (χ2v) is 19.4. The number of rotatable bonds is 13. The Labute approximate surface area is 425 Å². The van der Waals surface area contributed by atoms with Gasteiger partial charge in [0.15, 0.2) is 36.3 Å². The highest BCUT2D eigenvalue weighted by Crippen LogP contribution is 2.45. The first-order valence-corrected chi connectivity index (χ1v) is 24.5. The van der Waals surface area contributed by atoms with Crippen molar-refractivity contribution in [2.45, 2.75) is 187 Å². The van der Waals surface area contributed by atoms with Gasteiger partial charge < -0.3 is 73.6 Å². The Balaban J connectivity index is 1.61. The maximum Gasteiger partial charge on any atom is 0.342 e. The number of phenolic OH excluding ortho intramolecular Hbond substituents is 2. The molecule has 1 aromatic carbocycles. The van der Waals surface area contributed by atoms with E-state index in [-0.39, 0.29) is 47.8 Å². The van der Waals surface area contributed by atoms with Crippen molar-refractivity contribution in [1.82, 2.24) is 0 Å². The number of benzene rings is 1. The molecule has 0 amide bonds. The monoisotopic (exact) mass is 1040 g/mol. The summed E-state index contributed by atoms with van der Waals surface area (Å²) in [5.74, 6) is -4.30. The van der Waals surface area contributed by atoms with E-state index in [0.717, 1.165) is 0 Å². The zero-order chi connectivity index (χ0) is 53.2.